The van der Waals surface area contributed by atoms with Crippen molar-refractivity contribution in [3.63, 3.8) is 0 Å². The molecule has 0 saturated heterocycles. The smallest absolute Gasteiger partial charge is 0.246 e. The standard InChI is InChI=1S/C19H26N2O4/c1-24-12-6-10-19(23)21-11-5-9-17(13-21)20-18(22)15-25-14-16-7-3-2-4-8-16/h2-5,7-9,17H,6,10-15H2,1H3,(H,20,22). The van der Waals surface area contributed by atoms with Gasteiger partial charge in [-0.15, -0.1) is 0 Å². The molecule has 0 aromatic heterocycles. The molecule has 1 aromatic rings. The third-order valence-corrected chi connectivity index (χ3v) is 3.89. The van der Waals surface area contributed by atoms with Gasteiger partial charge in [-0.25, -0.2) is 0 Å². The number of benzene rings is 1. The highest BCUT2D eigenvalue weighted by atomic mass is 16.5. The van der Waals surface area contributed by atoms with Crippen molar-refractivity contribution in [1.82, 2.24) is 10.2 Å². The van der Waals surface area contributed by atoms with E-state index in [2.05, 4.69) is 5.32 Å². The molecule has 0 saturated carbocycles. The average molecular weight is 346 g/mol. The lowest BCUT2D eigenvalue weighted by Gasteiger charge is -2.29. The largest absolute Gasteiger partial charge is 0.385 e. The number of amides is 2. The molecule has 136 valence electrons. The number of hydrogen-bond donors (Lipinski definition) is 1. The van der Waals surface area contributed by atoms with E-state index in [4.69, 9.17) is 9.47 Å². The van der Waals surface area contributed by atoms with Crippen LogP contribution in [0.2, 0.25) is 0 Å². The molecule has 1 atom stereocenters. The molecule has 2 rings (SSSR count). The second-order valence-corrected chi connectivity index (χ2v) is 5.98. The fraction of sp³-hybridized carbons (Fsp3) is 0.474. The maximum atomic E-state index is 12.1. The van der Waals surface area contributed by atoms with Gasteiger partial charge in [0, 0.05) is 33.2 Å². The molecule has 0 fully saturated rings. The van der Waals surface area contributed by atoms with Crippen molar-refractivity contribution < 1.29 is 19.1 Å². The lowest BCUT2D eigenvalue weighted by molar-refractivity contribution is -0.132. The summed E-state index contributed by atoms with van der Waals surface area (Å²) in [5, 5.41) is 2.89. The number of carbonyl (C=O) groups is 2. The summed E-state index contributed by atoms with van der Waals surface area (Å²) in [6.45, 7) is 2.06. The van der Waals surface area contributed by atoms with Crippen LogP contribution in [0.4, 0.5) is 0 Å². The Morgan fingerprint density at radius 2 is 2.08 bits per heavy atom. The van der Waals surface area contributed by atoms with Crippen LogP contribution in [0.15, 0.2) is 42.5 Å². The number of hydrogen-bond acceptors (Lipinski definition) is 4. The number of nitrogens with one attached hydrogen (secondary N) is 1. The number of methoxy groups -OCH3 is 1. The zero-order valence-corrected chi connectivity index (χ0v) is 14.6. The summed E-state index contributed by atoms with van der Waals surface area (Å²) in [4.78, 5) is 25.9. The van der Waals surface area contributed by atoms with Crippen LogP contribution in [0.3, 0.4) is 0 Å². The van der Waals surface area contributed by atoms with Crippen LogP contribution in [0.5, 0.6) is 0 Å². The van der Waals surface area contributed by atoms with E-state index in [1.165, 1.54) is 0 Å². The van der Waals surface area contributed by atoms with E-state index in [9.17, 15) is 9.59 Å². The summed E-state index contributed by atoms with van der Waals surface area (Å²) in [7, 11) is 1.62. The molecular formula is C19H26N2O4. The SMILES string of the molecule is COCCCC(=O)N1CC=CC(NC(=O)COCc2ccccc2)C1. The summed E-state index contributed by atoms with van der Waals surface area (Å²) in [5.74, 6) is -0.0970. The minimum Gasteiger partial charge on any atom is -0.385 e. The molecule has 0 aliphatic carbocycles. The van der Waals surface area contributed by atoms with Crippen molar-refractivity contribution in [1.29, 1.82) is 0 Å². The molecule has 1 aliphatic heterocycles. The monoisotopic (exact) mass is 346 g/mol. The third kappa shape index (κ3) is 7.07. The van der Waals surface area contributed by atoms with E-state index in [1.54, 1.807) is 12.0 Å². The van der Waals surface area contributed by atoms with Crippen molar-refractivity contribution in [2.24, 2.45) is 0 Å². The molecule has 25 heavy (non-hydrogen) atoms. The topological polar surface area (TPSA) is 67.9 Å². The van der Waals surface area contributed by atoms with Gasteiger partial charge in [0.05, 0.1) is 12.6 Å². The zero-order chi connectivity index (χ0) is 17.9. The van der Waals surface area contributed by atoms with Crippen LogP contribution < -0.4 is 5.32 Å². The maximum Gasteiger partial charge on any atom is 0.246 e. The summed E-state index contributed by atoms with van der Waals surface area (Å²) in [5.41, 5.74) is 1.03. The molecule has 6 heteroatoms. The predicted octanol–water partition coefficient (Wildman–Crippen LogP) is 1.51. The second-order valence-electron chi connectivity index (χ2n) is 5.98. The number of ether oxygens (including phenoxy) is 2. The first-order valence-electron chi connectivity index (χ1n) is 8.53. The van der Waals surface area contributed by atoms with Crippen LogP contribution in [0, 0.1) is 0 Å². The predicted molar refractivity (Wildman–Crippen MR) is 94.9 cm³/mol. The summed E-state index contributed by atoms with van der Waals surface area (Å²) >= 11 is 0. The van der Waals surface area contributed by atoms with Crippen LogP contribution in [0.25, 0.3) is 0 Å². The Kier molecular flexibility index (Phi) is 8.15. The van der Waals surface area contributed by atoms with E-state index in [1.807, 2.05) is 42.5 Å². The quantitative estimate of drug-likeness (QED) is 0.544. The van der Waals surface area contributed by atoms with E-state index >= 15 is 0 Å². The maximum absolute atomic E-state index is 12.1. The van der Waals surface area contributed by atoms with Gasteiger partial charge < -0.3 is 19.7 Å². The fourth-order valence-corrected chi connectivity index (χ4v) is 2.63. The Labute approximate surface area is 148 Å². The van der Waals surface area contributed by atoms with Gasteiger partial charge in [-0.2, -0.15) is 0 Å². The summed E-state index contributed by atoms with van der Waals surface area (Å²) < 4.78 is 10.4. The normalized spacial score (nSPS) is 16.7. The first kappa shape index (κ1) is 19.1. The van der Waals surface area contributed by atoms with Gasteiger partial charge in [-0.1, -0.05) is 42.5 Å². The fourth-order valence-electron chi connectivity index (χ4n) is 2.63. The lowest BCUT2D eigenvalue weighted by Crippen LogP contribution is -2.48. The van der Waals surface area contributed by atoms with Gasteiger partial charge >= 0.3 is 0 Å². The molecule has 1 unspecified atom stereocenters. The Bertz CT molecular complexity index is 574. The second kappa shape index (κ2) is 10.6. The molecule has 6 nitrogen and oxygen atoms in total. The molecule has 0 bridgehead atoms. The molecule has 1 N–H and O–H groups in total. The number of rotatable bonds is 9. The highest BCUT2D eigenvalue weighted by Crippen LogP contribution is 2.07. The van der Waals surface area contributed by atoms with E-state index < -0.39 is 0 Å². The summed E-state index contributed by atoms with van der Waals surface area (Å²) in [6, 6.07) is 9.54. The Morgan fingerprint density at radius 1 is 1.28 bits per heavy atom. The highest BCUT2D eigenvalue weighted by Gasteiger charge is 2.21. The van der Waals surface area contributed by atoms with Gasteiger partial charge in [-0.05, 0) is 12.0 Å². The number of nitrogens with zero attached hydrogens (tertiary/aromatic N) is 1. The van der Waals surface area contributed by atoms with Crippen molar-refractivity contribution in [3.05, 3.63) is 48.0 Å². The van der Waals surface area contributed by atoms with Crippen molar-refractivity contribution in [3.8, 4) is 0 Å². The van der Waals surface area contributed by atoms with E-state index in [-0.39, 0.29) is 24.5 Å². The first-order valence-corrected chi connectivity index (χ1v) is 8.53. The van der Waals surface area contributed by atoms with Gasteiger partial charge in [0.2, 0.25) is 11.8 Å². The van der Waals surface area contributed by atoms with Gasteiger partial charge in [0.25, 0.3) is 0 Å². The van der Waals surface area contributed by atoms with Crippen molar-refractivity contribution in [2.45, 2.75) is 25.5 Å². The molecule has 0 spiro atoms. The molecule has 1 aliphatic rings. The van der Waals surface area contributed by atoms with Gasteiger partial charge in [0.1, 0.15) is 6.61 Å². The van der Waals surface area contributed by atoms with Gasteiger partial charge in [0.15, 0.2) is 0 Å². The minimum absolute atomic E-state index is 0.00101. The van der Waals surface area contributed by atoms with E-state index in [0.29, 0.717) is 39.1 Å². The molecule has 0 radical (unpaired) electrons. The van der Waals surface area contributed by atoms with Gasteiger partial charge in [-0.3, -0.25) is 9.59 Å². The third-order valence-electron chi connectivity index (χ3n) is 3.89. The first-order chi connectivity index (χ1) is 12.2. The number of carbonyl (C=O) groups excluding carboxylic acids is 2. The molecule has 2 amide bonds. The van der Waals surface area contributed by atoms with Crippen molar-refractivity contribution in [2.75, 3.05) is 33.4 Å². The summed E-state index contributed by atoms with van der Waals surface area (Å²) in [6.07, 6.45) is 5.00. The zero-order valence-electron chi connectivity index (χ0n) is 14.6. The van der Waals surface area contributed by atoms with Crippen LogP contribution in [-0.2, 0) is 25.7 Å². The molecule has 1 heterocycles. The molecule has 1 aromatic carbocycles. The average Bonchev–Trinajstić information content (AvgIpc) is 2.63. The lowest BCUT2D eigenvalue weighted by atomic mass is 10.1. The van der Waals surface area contributed by atoms with Crippen LogP contribution >= 0.6 is 0 Å². The van der Waals surface area contributed by atoms with Crippen LogP contribution in [0.1, 0.15) is 18.4 Å². The highest BCUT2D eigenvalue weighted by molar-refractivity contribution is 5.79. The van der Waals surface area contributed by atoms with Crippen molar-refractivity contribution >= 4 is 11.8 Å². The molecular weight excluding hydrogens is 320 g/mol. The Hall–Kier alpha value is -2.18. The Morgan fingerprint density at radius 3 is 2.84 bits per heavy atom. The van der Waals surface area contributed by atoms with E-state index in [0.717, 1.165) is 5.56 Å². The van der Waals surface area contributed by atoms with Crippen LogP contribution in [-0.4, -0.2) is 56.2 Å². The Balaban J connectivity index is 1.68. The minimum atomic E-state index is -0.181.